The molecule has 0 aliphatic heterocycles. The molecule has 1 aliphatic rings. The maximum Gasteiger partial charge on any atom is 0.244 e. The van der Waals surface area contributed by atoms with Crippen LogP contribution in [0.2, 0.25) is 0 Å². The number of nitrogens with one attached hydrogen (secondary N) is 1. The van der Waals surface area contributed by atoms with E-state index in [9.17, 15) is 13.2 Å². The topological polar surface area (TPSA) is 89.3 Å². The third-order valence-corrected chi connectivity index (χ3v) is 5.64. The molecule has 2 aromatic rings. The lowest BCUT2D eigenvalue weighted by atomic mass is 9.71. The number of amides is 1. The van der Waals surface area contributed by atoms with Gasteiger partial charge >= 0.3 is 0 Å². The number of rotatable bonds is 5. The summed E-state index contributed by atoms with van der Waals surface area (Å²) in [5, 5.41) is 8.16. The molecule has 6 heteroatoms. The fourth-order valence-electron chi connectivity index (χ4n) is 3.12. The molecule has 1 aliphatic carbocycles. The number of hydrogen-bond acceptors (Lipinski definition) is 3. The molecule has 0 aromatic heterocycles. The molecule has 0 bridgehead atoms. The largest absolute Gasteiger partial charge is 0.343 e. The second-order valence-electron chi connectivity index (χ2n) is 6.28. The van der Waals surface area contributed by atoms with Crippen molar-refractivity contribution >= 4 is 15.9 Å². The third kappa shape index (κ3) is 3.50. The van der Waals surface area contributed by atoms with Gasteiger partial charge in [-0.25, -0.2) is 13.6 Å². The highest BCUT2D eigenvalue weighted by molar-refractivity contribution is 7.89. The van der Waals surface area contributed by atoms with E-state index < -0.39 is 10.0 Å². The molecule has 25 heavy (non-hydrogen) atoms. The van der Waals surface area contributed by atoms with Gasteiger partial charge in [-0.15, -0.1) is 0 Å². The molecule has 2 aromatic carbocycles. The van der Waals surface area contributed by atoms with Gasteiger partial charge in [-0.3, -0.25) is 4.79 Å². The minimum atomic E-state index is -3.69. The molecule has 0 unspecified atom stereocenters. The molecular weight excluding hydrogens is 336 g/mol. The summed E-state index contributed by atoms with van der Waals surface area (Å²) >= 11 is 0. The van der Waals surface area contributed by atoms with Crippen LogP contribution in [-0.2, 0) is 20.4 Å². The van der Waals surface area contributed by atoms with E-state index in [0.717, 1.165) is 36.0 Å². The number of benzene rings is 2. The van der Waals surface area contributed by atoms with Crippen LogP contribution in [0, 0.1) is 0 Å². The van der Waals surface area contributed by atoms with E-state index >= 15 is 0 Å². The average molecular weight is 356 g/mol. The van der Waals surface area contributed by atoms with Gasteiger partial charge in [0, 0.05) is 0 Å². The van der Waals surface area contributed by atoms with Crippen molar-refractivity contribution in [1.82, 2.24) is 5.32 Å². The zero-order chi connectivity index (χ0) is 18.1. The van der Waals surface area contributed by atoms with Gasteiger partial charge in [0.15, 0.2) is 0 Å². The number of hydrogen-bond donors (Lipinski definition) is 2. The van der Waals surface area contributed by atoms with Crippen LogP contribution in [0.25, 0.3) is 11.1 Å². The van der Waals surface area contributed by atoms with Crippen molar-refractivity contribution in [3.8, 4) is 11.1 Å². The minimum absolute atomic E-state index is 0.0911. The van der Waals surface area contributed by atoms with Gasteiger partial charge in [0.25, 0.3) is 0 Å². The van der Waals surface area contributed by atoms with Gasteiger partial charge in [-0.2, -0.15) is 0 Å². The number of carbonyl (C=O) groups is 1. The first-order valence-electron chi connectivity index (χ1n) is 8.02. The van der Waals surface area contributed by atoms with Crippen molar-refractivity contribution in [2.24, 2.45) is 5.14 Å². The predicted molar refractivity (Wildman–Crippen MR) is 97.1 cm³/mol. The second-order valence-corrected chi connectivity index (χ2v) is 7.84. The Labute approximate surface area is 147 Å². The monoisotopic (exact) mass is 356 g/mol. The lowest BCUT2D eigenvalue weighted by molar-refractivity contribution is -0.119. The first-order valence-corrected chi connectivity index (χ1v) is 9.57. The highest BCUT2D eigenvalue weighted by Crippen LogP contribution is 2.41. The molecule has 5 nitrogen and oxygen atoms in total. The number of primary sulfonamides is 1. The zero-order valence-corrected chi connectivity index (χ0v) is 14.6. The van der Waals surface area contributed by atoms with Crippen molar-refractivity contribution < 1.29 is 13.2 Å². The fourth-order valence-corrected chi connectivity index (χ4v) is 3.64. The summed E-state index contributed by atoms with van der Waals surface area (Å²) in [6.07, 6.45) is 4.19. The van der Waals surface area contributed by atoms with Crippen molar-refractivity contribution in [2.45, 2.75) is 29.7 Å². The van der Waals surface area contributed by atoms with Crippen LogP contribution in [0.1, 0.15) is 24.8 Å². The summed E-state index contributed by atoms with van der Waals surface area (Å²) < 4.78 is 22.6. The van der Waals surface area contributed by atoms with E-state index in [1.165, 1.54) is 18.2 Å². The Morgan fingerprint density at radius 1 is 1.04 bits per heavy atom. The normalized spacial score (nSPS) is 15.9. The van der Waals surface area contributed by atoms with Crippen LogP contribution < -0.4 is 10.5 Å². The van der Waals surface area contributed by atoms with Crippen molar-refractivity contribution in [2.75, 3.05) is 0 Å². The van der Waals surface area contributed by atoms with Crippen molar-refractivity contribution in [3.63, 3.8) is 0 Å². The van der Waals surface area contributed by atoms with E-state index in [1.54, 1.807) is 12.1 Å². The predicted octanol–water partition coefficient (Wildman–Crippen LogP) is 2.68. The SMILES string of the molecule is C=CC(=O)NC1(c2ccc(-c3ccc(S(N)(=O)=O)cc3)cc2)CCC1. The van der Waals surface area contributed by atoms with Gasteiger partial charge in [0.2, 0.25) is 15.9 Å². The first kappa shape index (κ1) is 17.4. The van der Waals surface area contributed by atoms with E-state index in [2.05, 4.69) is 11.9 Å². The number of sulfonamides is 1. The average Bonchev–Trinajstić information content (AvgIpc) is 2.57. The molecule has 0 heterocycles. The molecule has 1 fully saturated rings. The lowest BCUT2D eigenvalue weighted by Gasteiger charge is -2.43. The molecule has 1 saturated carbocycles. The van der Waals surface area contributed by atoms with Crippen LogP contribution >= 0.6 is 0 Å². The summed E-state index contributed by atoms with van der Waals surface area (Å²) in [6.45, 7) is 3.51. The molecule has 3 rings (SSSR count). The molecule has 0 saturated heterocycles. The fraction of sp³-hybridized carbons (Fsp3) is 0.211. The first-order chi connectivity index (χ1) is 11.8. The Hall–Kier alpha value is -2.44. The highest BCUT2D eigenvalue weighted by Gasteiger charge is 2.39. The van der Waals surface area contributed by atoms with Gasteiger partial charge in [-0.1, -0.05) is 43.0 Å². The molecule has 0 radical (unpaired) electrons. The van der Waals surface area contributed by atoms with E-state index in [4.69, 9.17) is 5.14 Å². The van der Waals surface area contributed by atoms with E-state index in [-0.39, 0.29) is 16.3 Å². The van der Waals surface area contributed by atoms with Gasteiger partial charge in [0.05, 0.1) is 10.4 Å². The Morgan fingerprint density at radius 2 is 1.56 bits per heavy atom. The van der Waals surface area contributed by atoms with Crippen LogP contribution in [0.3, 0.4) is 0 Å². The second kappa shape index (κ2) is 6.46. The van der Waals surface area contributed by atoms with Crippen LogP contribution in [-0.4, -0.2) is 14.3 Å². The molecule has 130 valence electrons. The molecule has 0 atom stereocenters. The Balaban J connectivity index is 1.85. The highest BCUT2D eigenvalue weighted by atomic mass is 32.2. The quantitative estimate of drug-likeness (QED) is 0.807. The maximum atomic E-state index is 11.7. The van der Waals surface area contributed by atoms with Crippen LogP contribution in [0.5, 0.6) is 0 Å². The smallest absolute Gasteiger partial charge is 0.244 e. The summed E-state index contributed by atoms with van der Waals surface area (Å²) in [7, 11) is -3.69. The van der Waals surface area contributed by atoms with Crippen LogP contribution in [0.15, 0.2) is 66.1 Å². The van der Waals surface area contributed by atoms with E-state index in [0.29, 0.717) is 0 Å². The van der Waals surface area contributed by atoms with Crippen molar-refractivity contribution in [1.29, 1.82) is 0 Å². The number of nitrogens with two attached hydrogens (primary N) is 1. The minimum Gasteiger partial charge on any atom is -0.343 e. The van der Waals surface area contributed by atoms with Gasteiger partial charge < -0.3 is 5.32 Å². The lowest BCUT2D eigenvalue weighted by Crippen LogP contribution is -2.50. The molecule has 0 spiro atoms. The summed E-state index contributed by atoms with van der Waals surface area (Å²) in [4.78, 5) is 11.8. The summed E-state index contributed by atoms with van der Waals surface area (Å²) in [5.41, 5.74) is 2.63. The Kier molecular flexibility index (Phi) is 4.49. The molecule has 3 N–H and O–H groups in total. The van der Waals surface area contributed by atoms with Crippen LogP contribution in [0.4, 0.5) is 0 Å². The van der Waals surface area contributed by atoms with E-state index in [1.807, 2.05) is 24.3 Å². The Morgan fingerprint density at radius 3 is 1.96 bits per heavy atom. The third-order valence-electron chi connectivity index (χ3n) is 4.71. The zero-order valence-electron chi connectivity index (χ0n) is 13.7. The van der Waals surface area contributed by atoms with Gasteiger partial charge in [-0.05, 0) is 54.2 Å². The number of carbonyl (C=O) groups excluding carboxylic acids is 1. The standard InChI is InChI=1S/C19H20N2O3S/c1-2-18(22)21-19(12-3-13-19)16-8-4-14(5-9-16)15-6-10-17(11-7-15)25(20,23)24/h2,4-11H,1,3,12-13H2,(H,21,22)(H2,20,23,24). The Bertz CT molecular complexity index is 897. The molecule has 1 amide bonds. The van der Waals surface area contributed by atoms with Gasteiger partial charge in [0.1, 0.15) is 0 Å². The summed E-state index contributed by atoms with van der Waals surface area (Å²) in [6, 6.07) is 14.4. The van der Waals surface area contributed by atoms with Crippen molar-refractivity contribution in [3.05, 3.63) is 66.7 Å². The molecular formula is C19H20N2O3S. The summed E-state index contributed by atoms with van der Waals surface area (Å²) in [5.74, 6) is -0.164. The maximum absolute atomic E-state index is 11.7.